The van der Waals surface area contributed by atoms with Crippen molar-refractivity contribution in [1.29, 1.82) is 0 Å². The van der Waals surface area contributed by atoms with Gasteiger partial charge in [0.05, 0.1) is 21.5 Å². The van der Waals surface area contributed by atoms with Crippen molar-refractivity contribution in [2.75, 3.05) is 18.1 Å². The number of benzene rings is 1. The predicted octanol–water partition coefficient (Wildman–Crippen LogP) is 1.69. The van der Waals surface area contributed by atoms with E-state index in [-0.39, 0.29) is 28.9 Å². The van der Waals surface area contributed by atoms with Gasteiger partial charge in [0.15, 0.2) is 21.4 Å². The van der Waals surface area contributed by atoms with Crippen LogP contribution in [0.1, 0.15) is 16.8 Å². The molecular weight excluding hydrogens is 356 g/mol. The summed E-state index contributed by atoms with van der Waals surface area (Å²) in [7, 11) is -3.20. The highest BCUT2D eigenvalue weighted by Crippen LogP contribution is 2.23. The standard InChI is InChI=1S/C12H12BrF2NO3S/c13-8-1-2-9(14)11(12(8)15)10(17)5-7-6-20(18,19)4-3-16-7/h1-2,7,16H,3-6H2. The Bertz CT molecular complexity index is 648. The van der Waals surface area contributed by atoms with Crippen molar-refractivity contribution >= 4 is 31.6 Å². The second-order valence-electron chi connectivity index (χ2n) is 4.61. The van der Waals surface area contributed by atoms with E-state index in [0.29, 0.717) is 0 Å². The molecule has 0 radical (unpaired) electrons. The molecule has 1 aliphatic heterocycles. The lowest BCUT2D eigenvalue weighted by molar-refractivity contribution is 0.0963. The second kappa shape index (κ2) is 5.87. The van der Waals surface area contributed by atoms with Crippen LogP contribution in [0.15, 0.2) is 16.6 Å². The summed E-state index contributed by atoms with van der Waals surface area (Å²) in [6, 6.07) is 1.55. The molecule has 110 valence electrons. The lowest BCUT2D eigenvalue weighted by Crippen LogP contribution is -2.46. The molecule has 1 fully saturated rings. The molecule has 0 aliphatic carbocycles. The van der Waals surface area contributed by atoms with Crippen LogP contribution >= 0.6 is 15.9 Å². The second-order valence-corrected chi connectivity index (χ2v) is 7.69. The van der Waals surface area contributed by atoms with E-state index in [1.807, 2.05) is 0 Å². The predicted molar refractivity (Wildman–Crippen MR) is 73.5 cm³/mol. The van der Waals surface area contributed by atoms with Gasteiger partial charge in [0.2, 0.25) is 0 Å². The van der Waals surface area contributed by atoms with E-state index in [0.717, 1.165) is 6.07 Å². The molecule has 2 rings (SSSR count). The number of hydrogen-bond donors (Lipinski definition) is 1. The van der Waals surface area contributed by atoms with E-state index >= 15 is 0 Å². The average Bonchev–Trinajstić information content (AvgIpc) is 2.33. The fourth-order valence-electron chi connectivity index (χ4n) is 2.11. The van der Waals surface area contributed by atoms with Gasteiger partial charge in [-0.1, -0.05) is 0 Å². The number of halogens is 3. The zero-order valence-electron chi connectivity index (χ0n) is 10.3. The number of nitrogens with one attached hydrogen (secondary N) is 1. The maximum absolute atomic E-state index is 13.8. The molecule has 1 N–H and O–H groups in total. The maximum Gasteiger partial charge on any atom is 0.170 e. The number of sulfone groups is 1. The first-order chi connectivity index (χ1) is 9.30. The highest BCUT2D eigenvalue weighted by atomic mass is 79.9. The van der Waals surface area contributed by atoms with Crippen molar-refractivity contribution in [3.8, 4) is 0 Å². The van der Waals surface area contributed by atoms with Crippen molar-refractivity contribution in [2.45, 2.75) is 12.5 Å². The Labute approximate surface area is 123 Å². The number of rotatable bonds is 3. The SMILES string of the molecule is O=C(CC1CS(=O)(=O)CCN1)c1c(F)ccc(Br)c1F. The molecule has 1 saturated heterocycles. The summed E-state index contributed by atoms with van der Waals surface area (Å²) in [5.74, 6) is -2.85. The lowest BCUT2D eigenvalue weighted by atomic mass is 10.0. The van der Waals surface area contributed by atoms with Crippen LogP contribution in [0.25, 0.3) is 0 Å². The van der Waals surface area contributed by atoms with Crippen LogP contribution in [0.4, 0.5) is 8.78 Å². The van der Waals surface area contributed by atoms with Crippen molar-refractivity contribution in [1.82, 2.24) is 5.32 Å². The van der Waals surface area contributed by atoms with Gasteiger partial charge in [-0.2, -0.15) is 0 Å². The minimum absolute atomic E-state index is 0.00789. The van der Waals surface area contributed by atoms with Gasteiger partial charge in [-0.05, 0) is 28.1 Å². The minimum Gasteiger partial charge on any atom is -0.312 e. The zero-order valence-corrected chi connectivity index (χ0v) is 12.7. The first-order valence-corrected chi connectivity index (χ1v) is 8.52. The topological polar surface area (TPSA) is 63.2 Å². The molecule has 4 nitrogen and oxygen atoms in total. The van der Waals surface area contributed by atoms with Crippen LogP contribution < -0.4 is 5.32 Å². The molecular formula is C12H12BrF2NO3S. The minimum atomic E-state index is -3.20. The van der Waals surface area contributed by atoms with Gasteiger partial charge in [0.1, 0.15) is 5.82 Å². The normalized spacial score (nSPS) is 21.6. The first kappa shape index (κ1) is 15.5. The van der Waals surface area contributed by atoms with Crippen molar-refractivity contribution in [2.24, 2.45) is 0 Å². The van der Waals surface area contributed by atoms with E-state index in [1.54, 1.807) is 0 Å². The fraction of sp³-hybridized carbons (Fsp3) is 0.417. The van der Waals surface area contributed by atoms with Gasteiger partial charge < -0.3 is 5.32 Å². The maximum atomic E-state index is 13.8. The Kier molecular flexibility index (Phi) is 4.55. The fourth-order valence-corrected chi connectivity index (χ4v) is 3.88. The molecule has 1 aromatic rings. The molecule has 8 heteroatoms. The molecule has 1 atom stereocenters. The van der Waals surface area contributed by atoms with Gasteiger partial charge in [0, 0.05) is 19.0 Å². The van der Waals surface area contributed by atoms with Gasteiger partial charge >= 0.3 is 0 Å². The van der Waals surface area contributed by atoms with Crippen LogP contribution in [0.2, 0.25) is 0 Å². The smallest absolute Gasteiger partial charge is 0.170 e. The van der Waals surface area contributed by atoms with Crippen LogP contribution in [-0.2, 0) is 9.84 Å². The van der Waals surface area contributed by atoms with Gasteiger partial charge in [0.25, 0.3) is 0 Å². The molecule has 0 aromatic heterocycles. The van der Waals surface area contributed by atoms with Gasteiger partial charge in [-0.25, -0.2) is 17.2 Å². The molecule has 1 aliphatic rings. The molecule has 20 heavy (non-hydrogen) atoms. The average molecular weight is 368 g/mol. The quantitative estimate of drug-likeness (QED) is 0.652. The first-order valence-electron chi connectivity index (χ1n) is 5.90. The molecule has 0 bridgehead atoms. The number of hydrogen-bond acceptors (Lipinski definition) is 4. The third kappa shape index (κ3) is 3.42. The molecule has 1 unspecified atom stereocenters. The Morgan fingerprint density at radius 2 is 2.10 bits per heavy atom. The lowest BCUT2D eigenvalue weighted by Gasteiger charge is -2.23. The summed E-state index contributed by atoms with van der Waals surface area (Å²) in [6.07, 6.45) is -0.260. The number of carbonyl (C=O) groups excluding carboxylic acids is 1. The Balaban J connectivity index is 2.19. The van der Waals surface area contributed by atoms with Gasteiger partial charge in [-0.3, -0.25) is 4.79 Å². The summed E-state index contributed by atoms with van der Waals surface area (Å²) in [5, 5.41) is 2.87. The summed E-state index contributed by atoms with van der Waals surface area (Å²) < 4.78 is 50.3. The summed E-state index contributed by atoms with van der Waals surface area (Å²) in [6.45, 7) is 0.240. The van der Waals surface area contributed by atoms with E-state index < -0.39 is 38.9 Å². The van der Waals surface area contributed by atoms with Gasteiger partial charge in [-0.15, -0.1) is 0 Å². The van der Waals surface area contributed by atoms with Crippen molar-refractivity contribution < 1.29 is 22.0 Å². The highest BCUT2D eigenvalue weighted by Gasteiger charge is 2.28. The van der Waals surface area contributed by atoms with E-state index in [1.165, 1.54) is 6.07 Å². The Hall–Kier alpha value is -0.860. The van der Waals surface area contributed by atoms with Crippen molar-refractivity contribution in [3.63, 3.8) is 0 Å². The largest absolute Gasteiger partial charge is 0.312 e. The Morgan fingerprint density at radius 3 is 2.75 bits per heavy atom. The summed E-state index contributed by atoms with van der Waals surface area (Å²) in [5.41, 5.74) is -0.635. The molecule has 1 heterocycles. The van der Waals surface area contributed by atoms with Crippen LogP contribution in [0, 0.1) is 11.6 Å². The van der Waals surface area contributed by atoms with E-state index in [4.69, 9.17) is 0 Å². The number of carbonyl (C=O) groups is 1. The Morgan fingerprint density at radius 1 is 1.40 bits per heavy atom. The third-order valence-corrected chi connectivity index (χ3v) is 5.40. The van der Waals surface area contributed by atoms with Crippen molar-refractivity contribution in [3.05, 3.63) is 33.8 Å². The molecule has 1 aromatic carbocycles. The van der Waals surface area contributed by atoms with Crippen LogP contribution in [-0.4, -0.2) is 38.3 Å². The van der Waals surface area contributed by atoms with Crippen LogP contribution in [0.5, 0.6) is 0 Å². The summed E-state index contributed by atoms with van der Waals surface area (Å²) in [4.78, 5) is 12.0. The summed E-state index contributed by atoms with van der Waals surface area (Å²) >= 11 is 2.89. The molecule has 0 amide bonds. The van der Waals surface area contributed by atoms with E-state index in [2.05, 4.69) is 21.2 Å². The number of ketones is 1. The van der Waals surface area contributed by atoms with Crippen LogP contribution in [0.3, 0.4) is 0 Å². The highest BCUT2D eigenvalue weighted by molar-refractivity contribution is 9.10. The van der Waals surface area contributed by atoms with E-state index in [9.17, 15) is 22.0 Å². The zero-order chi connectivity index (χ0) is 14.9. The monoisotopic (exact) mass is 367 g/mol. The molecule has 0 spiro atoms. The molecule has 0 saturated carbocycles. The third-order valence-electron chi connectivity index (χ3n) is 3.06. The number of Topliss-reactive ketones (excluding diaryl/α,β-unsaturated/α-hetero) is 1.